The molecule has 156 valence electrons. The number of fused-ring (bicyclic) bond motifs is 1. The third-order valence-electron chi connectivity index (χ3n) is 5.14. The highest BCUT2D eigenvalue weighted by molar-refractivity contribution is 5.91. The van der Waals surface area contributed by atoms with Crippen molar-refractivity contribution in [1.82, 2.24) is 14.9 Å². The molecule has 0 aliphatic rings. The van der Waals surface area contributed by atoms with E-state index in [4.69, 9.17) is 9.72 Å². The molecule has 1 amide bonds. The predicted octanol–water partition coefficient (Wildman–Crippen LogP) is 4.73. The molecule has 0 fully saturated rings. The second-order valence-electron chi connectivity index (χ2n) is 7.42. The van der Waals surface area contributed by atoms with Gasteiger partial charge in [-0.3, -0.25) is 4.79 Å². The number of aryl methyl sites for hydroxylation is 1. The van der Waals surface area contributed by atoms with Crippen molar-refractivity contribution in [2.45, 2.75) is 20.0 Å². The van der Waals surface area contributed by atoms with Gasteiger partial charge in [-0.05, 0) is 48.4 Å². The first-order valence-electron chi connectivity index (χ1n) is 10.2. The number of aromatic nitrogens is 2. The molecule has 0 aliphatic carbocycles. The summed E-state index contributed by atoms with van der Waals surface area (Å²) in [5.74, 6) is 1.41. The molecule has 0 unspecified atom stereocenters. The molecule has 1 heterocycles. The quantitative estimate of drug-likeness (QED) is 0.447. The molecule has 4 rings (SSSR count). The van der Waals surface area contributed by atoms with Crippen molar-refractivity contribution in [3.05, 3.63) is 101 Å². The Labute approximate surface area is 182 Å². The highest BCUT2D eigenvalue weighted by Crippen LogP contribution is 2.18. The van der Waals surface area contributed by atoms with E-state index in [1.54, 1.807) is 13.2 Å². The SMILES string of the molecule is COc1cccc(/C=C/C(=O)NCc2nc3ccccc3n2Cc2ccc(C)cc2)c1. The topological polar surface area (TPSA) is 56.1 Å². The minimum absolute atomic E-state index is 0.170. The number of amides is 1. The number of ether oxygens (including phenoxy) is 1. The van der Waals surface area contributed by atoms with Gasteiger partial charge in [0.1, 0.15) is 11.6 Å². The largest absolute Gasteiger partial charge is 0.497 e. The lowest BCUT2D eigenvalue weighted by Gasteiger charge is -2.10. The molecule has 5 heteroatoms. The van der Waals surface area contributed by atoms with E-state index >= 15 is 0 Å². The third kappa shape index (κ3) is 5.01. The molecule has 1 aromatic heterocycles. The molecule has 0 spiro atoms. The number of hydrogen-bond donors (Lipinski definition) is 1. The summed E-state index contributed by atoms with van der Waals surface area (Å²) < 4.78 is 7.38. The second-order valence-corrected chi connectivity index (χ2v) is 7.42. The summed E-state index contributed by atoms with van der Waals surface area (Å²) in [5, 5.41) is 2.95. The maximum Gasteiger partial charge on any atom is 0.244 e. The van der Waals surface area contributed by atoms with Gasteiger partial charge in [-0.1, -0.05) is 54.1 Å². The lowest BCUT2D eigenvalue weighted by molar-refractivity contribution is -0.116. The fourth-order valence-electron chi connectivity index (χ4n) is 3.46. The molecule has 4 aromatic rings. The lowest BCUT2D eigenvalue weighted by Crippen LogP contribution is -2.23. The fourth-order valence-corrected chi connectivity index (χ4v) is 3.46. The number of imidazole rings is 1. The van der Waals surface area contributed by atoms with Crippen LogP contribution in [-0.4, -0.2) is 22.6 Å². The van der Waals surface area contributed by atoms with Crippen LogP contribution < -0.4 is 10.1 Å². The Hall–Kier alpha value is -3.86. The van der Waals surface area contributed by atoms with Gasteiger partial charge >= 0.3 is 0 Å². The van der Waals surface area contributed by atoms with Gasteiger partial charge < -0.3 is 14.6 Å². The van der Waals surface area contributed by atoms with Crippen molar-refractivity contribution >= 4 is 23.0 Å². The van der Waals surface area contributed by atoms with Gasteiger partial charge in [0.2, 0.25) is 5.91 Å². The average Bonchev–Trinajstić information content (AvgIpc) is 3.15. The van der Waals surface area contributed by atoms with E-state index in [1.807, 2.05) is 42.5 Å². The number of carbonyl (C=O) groups excluding carboxylic acids is 1. The lowest BCUT2D eigenvalue weighted by atomic mass is 10.1. The molecule has 1 N–H and O–H groups in total. The van der Waals surface area contributed by atoms with E-state index in [-0.39, 0.29) is 5.91 Å². The van der Waals surface area contributed by atoms with Crippen LogP contribution in [0.1, 0.15) is 22.5 Å². The van der Waals surface area contributed by atoms with Gasteiger partial charge in [0.25, 0.3) is 0 Å². The van der Waals surface area contributed by atoms with Gasteiger partial charge in [-0.25, -0.2) is 4.98 Å². The maximum absolute atomic E-state index is 12.4. The molecule has 0 aliphatic heterocycles. The summed E-state index contributed by atoms with van der Waals surface area (Å²) in [4.78, 5) is 17.1. The molecule has 0 bridgehead atoms. The average molecular weight is 412 g/mol. The number of carbonyl (C=O) groups is 1. The van der Waals surface area contributed by atoms with Crippen molar-refractivity contribution in [1.29, 1.82) is 0 Å². The number of benzene rings is 3. The van der Waals surface area contributed by atoms with Gasteiger partial charge in [0, 0.05) is 12.6 Å². The molecular weight excluding hydrogens is 386 g/mol. The van der Waals surface area contributed by atoms with Crippen LogP contribution in [0.5, 0.6) is 5.75 Å². The highest BCUT2D eigenvalue weighted by atomic mass is 16.5. The molecule has 3 aromatic carbocycles. The van der Waals surface area contributed by atoms with Crippen LogP contribution in [0.2, 0.25) is 0 Å². The Bertz CT molecular complexity index is 1220. The molecule has 5 nitrogen and oxygen atoms in total. The summed E-state index contributed by atoms with van der Waals surface area (Å²) in [5.41, 5.74) is 5.31. The number of para-hydroxylation sites is 2. The van der Waals surface area contributed by atoms with E-state index in [1.165, 1.54) is 17.2 Å². The Morgan fingerprint density at radius 1 is 1.06 bits per heavy atom. The number of nitrogens with zero attached hydrogens (tertiary/aromatic N) is 2. The number of rotatable bonds is 7. The smallest absolute Gasteiger partial charge is 0.244 e. The summed E-state index contributed by atoms with van der Waals surface area (Å²) >= 11 is 0. The number of nitrogens with one attached hydrogen (secondary N) is 1. The first-order valence-corrected chi connectivity index (χ1v) is 10.2. The molecular formula is C26H25N3O2. The van der Waals surface area contributed by atoms with E-state index in [0.29, 0.717) is 13.1 Å². The van der Waals surface area contributed by atoms with Crippen LogP contribution in [0, 0.1) is 6.92 Å². The van der Waals surface area contributed by atoms with Crippen molar-refractivity contribution in [3.63, 3.8) is 0 Å². The standard InChI is InChI=1S/C26H25N3O2/c1-19-10-12-21(13-11-19)18-29-24-9-4-3-8-23(24)28-25(29)17-27-26(30)15-14-20-6-5-7-22(16-20)31-2/h3-16H,17-18H2,1-2H3,(H,27,30)/b15-14+. The van der Waals surface area contributed by atoms with Crippen LogP contribution in [0.25, 0.3) is 17.1 Å². The Morgan fingerprint density at radius 3 is 2.68 bits per heavy atom. The Balaban J connectivity index is 1.50. The fraction of sp³-hybridized carbons (Fsp3) is 0.154. The van der Waals surface area contributed by atoms with E-state index in [2.05, 4.69) is 47.1 Å². The van der Waals surface area contributed by atoms with Crippen LogP contribution in [0.3, 0.4) is 0 Å². The molecule has 0 radical (unpaired) electrons. The van der Waals surface area contributed by atoms with E-state index < -0.39 is 0 Å². The Kier molecular flexibility index (Phi) is 6.13. The molecule has 31 heavy (non-hydrogen) atoms. The normalized spacial score (nSPS) is 11.2. The molecule has 0 saturated heterocycles. The molecule has 0 atom stereocenters. The zero-order valence-corrected chi connectivity index (χ0v) is 17.7. The molecule has 0 saturated carbocycles. The van der Waals surface area contributed by atoms with E-state index in [9.17, 15) is 4.79 Å². The van der Waals surface area contributed by atoms with Crippen LogP contribution in [0.4, 0.5) is 0 Å². The summed E-state index contributed by atoms with van der Waals surface area (Å²) in [7, 11) is 1.62. The van der Waals surface area contributed by atoms with Gasteiger partial charge in [-0.15, -0.1) is 0 Å². The first kappa shape index (κ1) is 20.4. The van der Waals surface area contributed by atoms with Crippen molar-refractivity contribution in [2.75, 3.05) is 7.11 Å². The second kappa shape index (κ2) is 9.30. The summed E-state index contributed by atoms with van der Waals surface area (Å²) in [6, 6.07) is 24.1. The van der Waals surface area contributed by atoms with Crippen molar-refractivity contribution in [2.24, 2.45) is 0 Å². The monoisotopic (exact) mass is 411 g/mol. The van der Waals surface area contributed by atoms with Crippen molar-refractivity contribution < 1.29 is 9.53 Å². The third-order valence-corrected chi connectivity index (χ3v) is 5.14. The zero-order chi connectivity index (χ0) is 21.6. The van der Waals surface area contributed by atoms with Crippen LogP contribution in [-0.2, 0) is 17.9 Å². The summed E-state index contributed by atoms with van der Waals surface area (Å²) in [6.45, 7) is 3.13. The zero-order valence-electron chi connectivity index (χ0n) is 17.7. The minimum atomic E-state index is -0.170. The first-order chi connectivity index (χ1) is 15.1. The Morgan fingerprint density at radius 2 is 1.87 bits per heavy atom. The highest BCUT2D eigenvalue weighted by Gasteiger charge is 2.11. The van der Waals surface area contributed by atoms with Crippen LogP contribution >= 0.6 is 0 Å². The summed E-state index contributed by atoms with van der Waals surface area (Å²) in [6.07, 6.45) is 3.30. The van der Waals surface area contributed by atoms with Gasteiger partial charge in [0.15, 0.2) is 0 Å². The van der Waals surface area contributed by atoms with Crippen molar-refractivity contribution in [3.8, 4) is 5.75 Å². The predicted molar refractivity (Wildman–Crippen MR) is 124 cm³/mol. The maximum atomic E-state index is 12.4. The van der Waals surface area contributed by atoms with Crippen LogP contribution in [0.15, 0.2) is 78.9 Å². The number of methoxy groups -OCH3 is 1. The number of hydrogen-bond acceptors (Lipinski definition) is 3. The van der Waals surface area contributed by atoms with Gasteiger partial charge in [-0.2, -0.15) is 0 Å². The van der Waals surface area contributed by atoms with Gasteiger partial charge in [0.05, 0.1) is 24.7 Å². The minimum Gasteiger partial charge on any atom is -0.497 e. The van der Waals surface area contributed by atoms with E-state index in [0.717, 1.165) is 28.2 Å².